The van der Waals surface area contributed by atoms with Crippen molar-refractivity contribution in [1.82, 2.24) is 4.90 Å². The minimum atomic E-state index is -0.109. The van der Waals surface area contributed by atoms with Gasteiger partial charge in [0, 0.05) is 50.2 Å². The van der Waals surface area contributed by atoms with Gasteiger partial charge in [-0.25, -0.2) is 0 Å². The fraction of sp³-hybridized carbons (Fsp3) is 0.269. The number of carbonyl (C=O) groups is 3. The molecule has 2 aliphatic rings. The molecule has 3 aromatic carbocycles. The van der Waals surface area contributed by atoms with Crippen LogP contribution in [-0.4, -0.2) is 36.6 Å². The Morgan fingerprint density at radius 1 is 0.806 bits per heavy atom. The average Bonchev–Trinajstić information content (AvgIpc) is 3.29. The van der Waals surface area contributed by atoms with Gasteiger partial charge in [0.1, 0.15) is 0 Å². The molecule has 0 aromatic heterocycles. The normalized spacial score (nSPS) is 15.8. The third kappa shape index (κ3) is 3.30. The van der Waals surface area contributed by atoms with Gasteiger partial charge in [-0.15, -0.1) is 0 Å². The van der Waals surface area contributed by atoms with E-state index in [1.165, 1.54) is 4.90 Å². The molecule has 0 bridgehead atoms. The average molecular weight is 412 g/mol. The Hall–Kier alpha value is -3.47. The van der Waals surface area contributed by atoms with Crippen molar-refractivity contribution in [1.29, 1.82) is 0 Å². The zero-order chi connectivity index (χ0) is 21.7. The molecule has 0 atom stereocenters. The van der Waals surface area contributed by atoms with Gasteiger partial charge in [0.25, 0.3) is 0 Å². The number of carbonyl (C=O) groups excluding carboxylic acids is 3. The molecule has 5 heteroatoms. The highest BCUT2D eigenvalue weighted by molar-refractivity contribution is 6.14. The predicted molar refractivity (Wildman–Crippen MR) is 121 cm³/mol. The lowest BCUT2D eigenvalue weighted by atomic mass is 9.90. The molecule has 1 saturated heterocycles. The number of fused-ring (bicyclic) bond motifs is 2. The van der Waals surface area contributed by atoms with E-state index < -0.39 is 0 Å². The number of rotatable bonds is 4. The lowest BCUT2D eigenvalue weighted by Gasteiger charge is -2.18. The lowest BCUT2D eigenvalue weighted by Crippen LogP contribution is -2.28. The van der Waals surface area contributed by atoms with E-state index in [2.05, 4.69) is 29.2 Å². The molecule has 5 rings (SSSR count). The molecule has 1 aliphatic carbocycles. The number of anilines is 1. The molecule has 2 amide bonds. The quantitative estimate of drug-likeness (QED) is 0.598. The second-order valence-electron chi connectivity index (χ2n) is 8.58. The molecule has 0 unspecified atom stereocenters. The summed E-state index contributed by atoms with van der Waals surface area (Å²) in [6, 6.07) is 16.4. The van der Waals surface area contributed by atoms with E-state index in [4.69, 9.17) is 0 Å². The SMILES string of the molecule is CN(C)c1ccc2cc3c(c(-c4ccc(CN5C(=O)CCC5=O)cc4)c2c1)C(=O)CC3. The minimum absolute atomic E-state index is 0.109. The summed E-state index contributed by atoms with van der Waals surface area (Å²) < 4.78 is 0. The molecular formula is C26H24N2O3. The van der Waals surface area contributed by atoms with Gasteiger partial charge in [0.2, 0.25) is 11.8 Å². The van der Waals surface area contributed by atoms with Gasteiger partial charge in [0.15, 0.2) is 5.78 Å². The predicted octanol–water partition coefficient (Wildman–Crippen LogP) is 4.35. The van der Waals surface area contributed by atoms with Gasteiger partial charge >= 0.3 is 0 Å². The maximum absolute atomic E-state index is 12.8. The molecule has 0 saturated carbocycles. The van der Waals surface area contributed by atoms with Crippen LogP contribution in [0.2, 0.25) is 0 Å². The van der Waals surface area contributed by atoms with Gasteiger partial charge in [0.05, 0.1) is 6.54 Å². The first-order valence-corrected chi connectivity index (χ1v) is 10.6. The number of amides is 2. The van der Waals surface area contributed by atoms with Gasteiger partial charge in [-0.05, 0) is 46.0 Å². The van der Waals surface area contributed by atoms with Crippen molar-refractivity contribution in [3.63, 3.8) is 0 Å². The number of likely N-dealkylation sites (tertiary alicyclic amines) is 1. The van der Waals surface area contributed by atoms with E-state index >= 15 is 0 Å². The second-order valence-corrected chi connectivity index (χ2v) is 8.58. The van der Waals surface area contributed by atoms with Crippen LogP contribution in [0.1, 0.15) is 40.7 Å². The summed E-state index contributed by atoms with van der Waals surface area (Å²) >= 11 is 0. The van der Waals surface area contributed by atoms with Crippen LogP contribution >= 0.6 is 0 Å². The Bertz CT molecular complexity index is 1230. The van der Waals surface area contributed by atoms with E-state index in [9.17, 15) is 14.4 Å². The summed E-state index contributed by atoms with van der Waals surface area (Å²) in [7, 11) is 4.02. The Morgan fingerprint density at radius 3 is 2.19 bits per heavy atom. The molecule has 0 radical (unpaired) electrons. The summed E-state index contributed by atoms with van der Waals surface area (Å²) in [6.07, 6.45) is 1.94. The van der Waals surface area contributed by atoms with Crippen molar-refractivity contribution >= 4 is 34.1 Å². The fourth-order valence-corrected chi connectivity index (χ4v) is 4.67. The molecule has 0 N–H and O–H groups in total. The van der Waals surface area contributed by atoms with E-state index in [-0.39, 0.29) is 17.6 Å². The maximum Gasteiger partial charge on any atom is 0.229 e. The molecule has 3 aromatic rings. The Labute approximate surface area is 181 Å². The topological polar surface area (TPSA) is 57.7 Å². The molecule has 1 aliphatic heterocycles. The number of aryl methyl sites for hydroxylation is 1. The largest absolute Gasteiger partial charge is 0.378 e. The number of nitrogens with zero attached hydrogens (tertiary/aromatic N) is 2. The minimum Gasteiger partial charge on any atom is -0.378 e. The van der Waals surface area contributed by atoms with E-state index in [1.807, 2.05) is 38.4 Å². The Kier molecular flexibility index (Phi) is 4.62. The second kappa shape index (κ2) is 7.34. The summed E-state index contributed by atoms with van der Waals surface area (Å²) in [4.78, 5) is 40.1. The van der Waals surface area contributed by atoms with Crippen LogP contribution in [0.25, 0.3) is 21.9 Å². The van der Waals surface area contributed by atoms with Crippen LogP contribution in [0.4, 0.5) is 5.69 Å². The van der Waals surface area contributed by atoms with Crippen LogP contribution in [0.3, 0.4) is 0 Å². The first kappa shape index (κ1) is 19.5. The first-order chi connectivity index (χ1) is 14.9. The van der Waals surface area contributed by atoms with Crippen molar-refractivity contribution in [3.05, 3.63) is 65.2 Å². The van der Waals surface area contributed by atoms with Crippen molar-refractivity contribution < 1.29 is 14.4 Å². The number of Topliss-reactive ketones (excluding diaryl/α,β-unsaturated/α-hetero) is 1. The summed E-state index contributed by atoms with van der Waals surface area (Å²) in [5.41, 5.74) is 5.91. The molecule has 156 valence electrons. The van der Waals surface area contributed by atoms with Gasteiger partial charge in [-0.3, -0.25) is 19.3 Å². The smallest absolute Gasteiger partial charge is 0.229 e. The van der Waals surface area contributed by atoms with Crippen molar-refractivity contribution in [3.8, 4) is 11.1 Å². The standard InChI is InChI=1S/C26H24N2O3/c1-27(2)20-9-7-18-13-19-8-10-22(29)26(19)25(21(18)14-20)17-5-3-16(4-6-17)15-28-23(30)11-12-24(28)31/h3-7,9,13-14H,8,10-12,15H2,1-2H3. The monoisotopic (exact) mass is 412 g/mol. The van der Waals surface area contributed by atoms with Crippen LogP contribution in [0.5, 0.6) is 0 Å². The molecule has 1 heterocycles. The van der Waals surface area contributed by atoms with Crippen LogP contribution < -0.4 is 4.90 Å². The van der Waals surface area contributed by atoms with Crippen LogP contribution in [-0.2, 0) is 22.6 Å². The highest BCUT2D eigenvalue weighted by Crippen LogP contribution is 2.40. The van der Waals surface area contributed by atoms with E-state index in [1.54, 1.807) is 0 Å². The van der Waals surface area contributed by atoms with Crippen LogP contribution in [0, 0.1) is 0 Å². The van der Waals surface area contributed by atoms with Crippen molar-refractivity contribution in [2.24, 2.45) is 0 Å². The van der Waals surface area contributed by atoms with E-state index in [0.29, 0.717) is 25.8 Å². The molecule has 1 fully saturated rings. The Balaban J connectivity index is 1.61. The third-order valence-electron chi connectivity index (χ3n) is 6.36. The zero-order valence-electron chi connectivity index (χ0n) is 17.8. The van der Waals surface area contributed by atoms with Crippen molar-refractivity contribution in [2.45, 2.75) is 32.2 Å². The number of benzene rings is 3. The number of hydrogen-bond donors (Lipinski definition) is 0. The lowest BCUT2D eigenvalue weighted by molar-refractivity contribution is -0.139. The summed E-state index contributed by atoms with van der Waals surface area (Å²) in [6.45, 7) is 0.301. The molecular weight excluding hydrogens is 388 g/mol. The third-order valence-corrected chi connectivity index (χ3v) is 6.36. The number of hydrogen-bond acceptors (Lipinski definition) is 4. The fourth-order valence-electron chi connectivity index (χ4n) is 4.67. The summed E-state index contributed by atoms with van der Waals surface area (Å²) in [5.74, 6) is -0.0231. The number of ketones is 1. The number of imide groups is 1. The Morgan fingerprint density at radius 2 is 1.52 bits per heavy atom. The molecule has 31 heavy (non-hydrogen) atoms. The molecule has 0 spiro atoms. The van der Waals surface area contributed by atoms with Crippen LogP contribution in [0.15, 0.2) is 48.5 Å². The highest BCUT2D eigenvalue weighted by atomic mass is 16.2. The maximum atomic E-state index is 12.8. The van der Waals surface area contributed by atoms with Crippen molar-refractivity contribution in [2.75, 3.05) is 19.0 Å². The first-order valence-electron chi connectivity index (χ1n) is 10.6. The van der Waals surface area contributed by atoms with Gasteiger partial charge < -0.3 is 4.90 Å². The van der Waals surface area contributed by atoms with Gasteiger partial charge in [-0.2, -0.15) is 0 Å². The highest BCUT2D eigenvalue weighted by Gasteiger charge is 2.29. The summed E-state index contributed by atoms with van der Waals surface area (Å²) in [5, 5.41) is 2.20. The van der Waals surface area contributed by atoms with E-state index in [0.717, 1.165) is 50.7 Å². The zero-order valence-corrected chi connectivity index (χ0v) is 17.8. The molecule has 5 nitrogen and oxygen atoms in total. The van der Waals surface area contributed by atoms with Gasteiger partial charge in [-0.1, -0.05) is 36.4 Å².